The molecular formula is C49H53N7ORu+2. The summed E-state index contributed by atoms with van der Waals surface area (Å²) in [5, 5.41) is 3.00. The third-order valence-corrected chi connectivity index (χ3v) is 9.20. The summed E-state index contributed by atoms with van der Waals surface area (Å²) in [4.78, 5) is 37.8. The van der Waals surface area contributed by atoms with Gasteiger partial charge < -0.3 is 5.32 Å². The molecule has 0 radical (unpaired) electrons. The van der Waals surface area contributed by atoms with Gasteiger partial charge in [-0.1, -0.05) is 75.4 Å². The summed E-state index contributed by atoms with van der Waals surface area (Å²) in [6.07, 6.45) is 21.8. The molecule has 0 unspecified atom stereocenters. The fourth-order valence-electron chi connectivity index (χ4n) is 6.05. The van der Waals surface area contributed by atoms with Gasteiger partial charge in [0, 0.05) is 49.3 Å². The van der Waals surface area contributed by atoms with Gasteiger partial charge in [-0.15, -0.1) is 0 Å². The van der Waals surface area contributed by atoms with Gasteiger partial charge >= 0.3 is 19.5 Å². The number of anilines is 1. The Morgan fingerprint density at radius 2 is 0.914 bits per heavy atom. The standard InChI is InChI=1S/C29H37N3O.2C10H8N2.Ru/c1-3-24-13-15-26(16-14-24)32-29(33)12-10-8-6-4-5-7-9-11-25-18-20-31-28(22-25)27-21-23(2)17-19-30-27;2*1-3-7-11-9(5-1)10-6-2-4-8-12-10;/h13-22H,3-12H2,1-2H3,(H,32,33);2*1-8H;/q;;;+2. The predicted molar refractivity (Wildman–Crippen MR) is 232 cm³/mol. The maximum absolute atomic E-state index is 12.1. The van der Waals surface area contributed by atoms with Crippen molar-refractivity contribution in [1.29, 1.82) is 0 Å². The van der Waals surface area contributed by atoms with E-state index in [0.29, 0.717) is 6.42 Å². The summed E-state index contributed by atoms with van der Waals surface area (Å²) in [5.74, 6) is 0.122. The summed E-state index contributed by atoms with van der Waals surface area (Å²) in [6, 6.07) is 39.7. The Hall–Kier alpha value is -5.79. The molecule has 0 spiro atoms. The van der Waals surface area contributed by atoms with E-state index in [1.165, 1.54) is 48.8 Å². The molecule has 0 saturated carbocycles. The smallest absolute Gasteiger partial charge is 0.326 e. The van der Waals surface area contributed by atoms with Crippen LogP contribution in [0.1, 0.15) is 75.0 Å². The van der Waals surface area contributed by atoms with Gasteiger partial charge in [0.15, 0.2) is 0 Å². The first-order chi connectivity index (χ1) is 28.1. The normalized spacial score (nSPS) is 10.2. The maximum atomic E-state index is 12.1. The molecule has 296 valence electrons. The van der Waals surface area contributed by atoms with Gasteiger partial charge in [-0.3, -0.25) is 34.7 Å². The molecule has 58 heavy (non-hydrogen) atoms. The van der Waals surface area contributed by atoms with E-state index in [4.69, 9.17) is 0 Å². The van der Waals surface area contributed by atoms with Crippen LogP contribution in [0, 0.1) is 6.92 Å². The maximum Gasteiger partial charge on any atom is 2.00 e. The number of aromatic nitrogens is 6. The van der Waals surface area contributed by atoms with Gasteiger partial charge in [-0.25, -0.2) is 0 Å². The number of nitrogens with zero attached hydrogens (tertiary/aromatic N) is 6. The molecule has 6 aromatic heterocycles. The number of hydrogen-bond acceptors (Lipinski definition) is 7. The Morgan fingerprint density at radius 3 is 1.38 bits per heavy atom. The monoisotopic (exact) mass is 857 g/mol. The average Bonchev–Trinajstić information content (AvgIpc) is 3.28. The van der Waals surface area contributed by atoms with Gasteiger partial charge in [-0.05, 0) is 134 Å². The fraction of sp³-hybridized carbons (Fsp3) is 0.245. The van der Waals surface area contributed by atoms with Gasteiger partial charge in [0.05, 0.1) is 34.2 Å². The van der Waals surface area contributed by atoms with Crippen molar-refractivity contribution in [3.8, 4) is 34.2 Å². The number of carbonyl (C=O) groups is 1. The second kappa shape index (κ2) is 26.2. The van der Waals surface area contributed by atoms with Crippen LogP contribution in [0.5, 0.6) is 0 Å². The zero-order valence-corrected chi connectivity index (χ0v) is 35.3. The molecule has 1 aromatic carbocycles. The number of nitrogens with one attached hydrogen (secondary N) is 1. The number of carbonyl (C=O) groups excluding carboxylic acids is 1. The van der Waals surface area contributed by atoms with Crippen LogP contribution in [0.25, 0.3) is 34.2 Å². The Labute approximate surface area is 356 Å². The van der Waals surface area contributed by atoms with E-state index >= 15 is 0 Å². The molecule has 0 aliphatic rings. The first-order valence-corrected chi connectivity index (χ1v) is 20.0. The van der Waals surface area contributed by atoms with Crippen LogP contribution < -0.4 is 5.32 Å². The number of aryl methyl sites for hydroxylation is 3. The molecule has 9 heteroatoms. The quantitative estimate of drug-likeness (QED) is 0.0808. The zero-order chi connectivity index (χ0) is 39.8. The fourth-order valence-corrected chi connectivity index (χ4v) is 6.05. The molecule has 0 saturated heterocycles. The molecule has 8 nitrogen and oxygen atoms in total. The van der Waals surface area contributed by atoms with E-state index in [-0.39, 0.29) is 25.4 Å². The Balaban J connectivity index is 0.000000240. The number of rotatable bonds is 15. The molecule has 1 N–H and O–H groups in total. The van der Waals surface area contributed by atoms with Crippen LogP contribution in [-0.2, 0) is 37.1 Å². The van der Waals surface area contributed by atoms with Crippen molar-refractivity contribution in [3.05, 3.63) is 175 Å². The number of amides is 1. The van der Waals surface area contributed by atoms with Crippen LogP contribution in [0.2, 0.25) is 0 Å². The SMILES string of the molecule is CCc1ccc(NC(=O)CCCCCCCCCc2ccnc(-c3cc(C)ccn3)c2)cc1.[Ru+2].c1ccc(-c2ccccn2)nc1.c1ccc(-c2ccccn2)nc1. The summed E-state index contributed by atoms with van der Waals surface area (Å²) in [6.45, 7) is 4.21. The Morgan fingerprint density at radius 1 is 0.466 bits per heavy atom. The second-order valence-corrected chi connectivity index (χ2v) is 13.7. The Kier molecular flexibility index (Phi) is 20.3. The third kappa shape index (κ3) is 16.4. The zero-order valence-electron chi connectivity index (χ0n) is 33.5. The van der Waals surface area contributed by atoms with Crippen molar-refractivity contribution in [2.24, 2.45) is 0 Å². The summed E-state index contributed by atoms with van der Waals surface area (Å²) in [5.41, 5.74) is 10.3. The minimum Gasteiger partial charge on any atom is -0.326 e. The largest absolute Gasteiger partial charge is 2.00 e. The number of benzene rings is 1. The summed E-state index contributed by atoms with van der Waals surface area (Å²) < 4.78 is 0. The molecule has 6 heterocycles. The number of unbranched alkanes of at least 4 members (excludes halogenated alkanes) is 6. The average molecular weight is 857 g/mol. The van der Waals surface area contributed by atoms with Crippen LogP contribution in [0.3, 0.4) is 0 Å². The van der Waals surface area contributed by atoms with Crippen LogP contribution in [-0.4, -0.2) is 35.8 Å². The second-order valence-electron chi connectivity index (χ2n) is 13.7. The summed E-state index contributed by atoms with van der Waals surface area (Å²) in [7, 11) is 0. The first-order valence-electron chi connectivity index (χ1n) is 20.0. The minimum atomic E-state index is 0. The van der Waals surface area contributed by atoms with Gasteiger partial charge in [-0.2, -0.15) is 0 Å². The van der Waals surface area contributed by atoms with E-state index in [0.717, 1.165) is 65.5 Å². The van der Waals surface area contributed by atoms with E-state index in [9.17, 15) is 4.79 Å². The van der Waals surface area contributed by atoms with Crippen molar-refractivity contribution in [1.82, 2.24) is 29.9 Å². The van der Waals surface area contributed by atoms with Gasteiger partial charge in [0.2, 0.25) is 5.91 Å². The van der Waals surface area contributed by atoms with Crippen molar-refractivity contribution < 1.29 is 24.3 Å². The first kappa shape index (κ1) is 44.9. The van der Waals surface area contributed by atoms with Crippen molar-refractivity contribution in [2.75, 3.05) is 5.32 Å². The third-order valence-electron chi connectivity index (χ3n) is 9.20. The van der Waals surface area contributed by atoms with Crippen molar-refractivity contribution in [2.45, 2.75) is 78.1 Å². The van der Waals surface area contributed by atoms with Crippen LogP contribution in [0.15, 0.2) is 159 Å². The topological polar surface area (TPSA) is 106 Å². The molecule has 0 aliphatic carbocycles. The molecule has 7 aromatic rings. The van der Waals surface area contributed by atoms with Gasteiger partial charge in [0.1, 0.15) is 0 Å². The molecule has 0 fully saturated rings. The molecule has 7 rings (SSSR count). The van der Waals surface area contributed by atoms with Crippen LogP contribution in [0.4, 0.5) is 5.69 Å². The molecule has 1 amide bonds. The van der Waals surface area contributed by atoms with E-state index in [2.05, 4.69) is 79.4 Å². The molecule has 0 aliphatic heterocycles. The Bertz CT molecular complexity index is 2010. The summed E-state index contributed by atoms with van der Waals surface area (Å²) >= 11 is 0. The van der Waals surface area contributed by atoms with Crippen LogP contribution >= 0.6 is 0 Å². The molecule has 0 bridgehead atoms. The van der Waals surface area contributed by atoms with E-state index in [1.807, 2.05) is 103 Å². The van der Waals surface area contributed by atoms with Crippen molar-refractivity contribution >= 4 is 11.6 Å². The van der Waals surface area contributed by atoms with Crippen molar-refractivity contribution in [3.63, 3.8) is 0 Å². The van der Waals surface area contributed by atoms with E-state index < -0.39 is 0 Å². The molecule has 0 atom stereocenters. The van der Waals surface area contributed by atoms with Gasteiger partial charge in [0.25, 0.3) is 0 Å². The predicted octanol–water partition coefficient (Wildman–Crippen LogP) is 11.6. The number of pyridine rings is 6. The number of hydrogen-bond donors (Lipinski definition) is 1. The minimum absolute atomic E-state index is 0. The molecular weight excluding hydrogens is 804 g/mol. The van der Waals surface area contributed by atoms with E-state index in [1.54, 1.807) is 24.8 Å².